The van der Waals surface area contributed by atoms with E-state index in [4.69, 9.17) is 16.7 Å². The lowest BCUT2D eigenvalue weighted by Crippen LogP contribution is -2.34. The van der Waals surface area contributed by atoms with Crippen molar-refractivity contribution in [2.75, 3.05) is 26.2 Å². The quantitative estimate of drug-likeness (QED) is 0.760. The third kappa shape index (κ3) is 4.71. The third-order valence-corrected chi connectivity index (χ3v) is 5.02. The number of aliphatic hydroxyl groups is 1. The van der Waals surface area contributed by atoms with Crippen LogP contribution >= 0.6 is 11.6 Å². The first-order chi connectivity index (χ1) is 9.44. The van der Waals surface area contributed by atoms with Crippen LogP contribution in [0.25, 0.3) is 0 Å². The smallest absolute Gasteiger partial charge is 0.242 e. The monoisotopic (exact) mass is 320 g/mol. The van der Waals surface area contributed by atoms with E-state index >= 15 is 0 Å². The largest absolute Gasteiger partial charge is 0.392 e. The van der Waals surface area contributed by atoms with Gasteiger partial charge in [-0.2, -0.15) is 0 Å². The van der Waals surface area contributed by atoms with Crippen LogP contribution in [0.2, 0.25) is 5.02 Å². The van der Waals surface area contributed by atoms with Crippen molar-refractivity contribution in [2.45, 2.75) is 25.3 Å². The van der Waals surface area contributed by atoms with Gasteiger partial charge in [0.1, 0.15) is 4.90 Å². The fourth-order valence-electron chi connectivity index (χ4n) is 1.81. The molecule has 0 spiro atoms. The number of hydrogen-bond donors (Lipinski definition) is 2. The van der Waals surface area contributed by atoms with Crippen molar-refractivity contribution in [3.05, 3.63) is 28.8 Å². The van der Waals surface area contributed by atoms with Crippen molar-refractivity contribution in [3.8, 4) is 0 Å². The van der Waals surface area contributed by atoms with Crippen LogP contribution in [0.1, 0.15) is 19.4 Å². The van der Waals surface area contributed by atoms with Crippen molar-refractivity contribution < 1.29 is 13.5 Å². The lowest BCUT2D eigenvalue weighted by atomic mass is 10.2. The lowest BCUT2D eigenvalue weighted by Gasteiger charge is -2.18. The Bertz CT molecular complexity index is 530. The van der Waals surface area contributed by atoms with Gasteiger partial charge in [0, 0.05) is 13.1 Å². The minimum Gasteiger partial charge on any atom is -0.392 e. The summed E-state index contributed by atoms with van der Waals surface area (Å²) in [7, 11) is -3.66. The minimum atomic E-state index is -3.66. The van der Waals surface area contributed by atoms with Crippen LogP contribution < -0.4 is 4.72 Å². The maximum absolute atomic E-state index is 12.2. The topological polar surface area (TPSA) is 69.6 Å². The van der Waals surface area contributed by atoms with Gasteiger partial charge < -0.3 is 10.0 Å². The Morgan fingerprint density at radius 1 is 1.30 bits per heavy atom. The zero-order valence-corrected chi connectivity index (χ0v) is 13.3. The average molecular weight is 321 g/mol. The summed E-state index contributed by atoms with van der Waals surface area (Å²) in [6, 6.07) is 4.46. The number of rotatable bonds is 8. The van der Waals surface area contributed by atoms with Crippen LogP contribution in [0.3, 0.4) is 0 Å². The summed E-state index contributed by atoms with van der Waals surface area (Å²) in [6.07, 6.45) is 0. The Hall–Kier alpha value is -0.660. The number of aliphatic hydroxyl groups excluding tert-OH is 1. The van der Waals surface area contributed by atoms with E-state index in [2.05, 4.69) is 9.62 Å². The predicted molar refractivity (Wildman–Crippen MR) is 80.4 cm³/mol. The maximum Gasteiger partial charge on any atom is 0.242 e. The van der Waals surface area contributed by atoms with Crippen molar-refractivity contribution in [3.63, 3.8) is 0 Å². The van der Waals surface area contributed by atoms with Crippen molar-refractivity contribution in [1.29, 1.82) is 0 Å². The molecule has 1 aromatic carbocycles. The molecule has 0 heterocycles. The standard InChI is InChI=1S/C13H21ClN2O3S/c1-3-16(4-2)8-7-15-20(18,19)13-9-11(10-17)5-6-12(13)14/h5-6,9,15,17H,3-4,7-8,10H2,1-2H3. The van der Waals surface area contributed by atoms with Gasteiger partial charge in [-0.3, -0.25) is 0 Å². The highest BCUT2D eigenvalue weighted by atomic mass is 35.5. The van der Waals surface area contributed by atoms with Gasteiger partial charge in [0.05, 0.1) is 11.6 Å². The third-order valence-electron chi connectivity index (χ3n) is 3.08. The van der Waals surface area contributed by atoms with Crippen molar-refractivity contribution in [1.82, 2.24) is 9.62 Å². The summed E-state index contributed by atoms with van der Waals surface area (Å²) in [4.78, 5) is 2.12. The average Bonchev–Trinajstić information content (AvgIpc) is 2.44. The van der Waals surface area contributed by atoms with Crippen LogP contribution in [-0.4, -0.2) is 44.6 Å². The SMILES string of the molecule is CCN(CC)CCNS(=O)(=O)c1cc(CO)ccc1Cl. The molecule has 114 valence electrons. The molecule has 0 aliphatic heterocycles. The molecule has 0 radical (unpaired) electrons. The molecular formula is C13H21ClN2O3S. The molecule has 0 aliphatic rings. The second kappa shape index (κ2) is 7.95. The highest BCUT2D eigenvalue weighted by molar-refractivity contribution is 7.89. The van der Waals surface area contributed by atoms with Crippen LogP contribution in [0, 0.1) is 0 Å². The summed E-state index contributed by atoms with van der Waals surface area (Å²) < 4.78 is 26.9. The molecule has 7 heteroatoms. The van der Waals surface area contributed by atoms with Crippen LogP contribution in [-0.2, 0) is 16.6 Å². The highest BCUT2D eigenvalue weighted by Gasteiger charge is 2.18. The number of likely N-dealkylation sites (N-methyl/N-ethyl adjacent to an activating group) is 1. The van der Waals surface area contributed by atoms with Gasteiger partial charge in [-0.1, -0.05) is 31.5 Å². The molecule has 0 aliphatic carbocycles. The van der Waals surface area contributed by atoms with Crippen molar-refractivity contribution in [2.24, 2.45) is 0 Å². The fourth-order valence-corrected chi connectivity index (χ4v) is 3.38. The van der Waals surface area contributed by atoms with E-state index in [0.717, 1.165) is 13.1 Å². The predicted octanol–water partition coefficient (Wildman–Crippen LogP) is 1.45. The second-order valence-corrected chi connectivity index (χ2v) is 6.49. The summed E-state index contributed by atoms with van der Waals surface area (Å²) in [5.74, 6) is 0. The second-order valence-electron chi connectivity index (χ2n) is 4.35. The molecule has 1 aromatic rings. The molecule has 5 nitrogen and oxygen atoms in total. The van der Waals surface area contributed by atoms with E-state index in [1.807, 2.05) is 13.8 Å². The van der Waals surface area contributed by atoms with Gasteiger partial charge in [0.2, 0.25) is 10.0 Å². The number of halogens is 1. The molecule has 0 aromatic heterocycles. The van der Waals surface area contributed by atoms with E-state index in [9.17, 15) is 8.42 Å². The summed E-state index contributed by atoms with van der Waals surface area (Å²) >= 11 is 5.92. The number of nitrogens with zero attached hydrogens (tertiary/aromatic N) is 1. The first kappa shape index (κ1) is 17.4. The minimum absolute atomic E-state index is 0.00487. The Labute approximate surface area is 125 Å². The number of hydrogen-bond acceptors (Lipinski definition) is 4. The molecule has 0 unspecified atom stereocenters. The van der Waals surface area contributed by atoms with Crippen LogP contribution in [0.15, 0.2) is 23.1 Å². The Morgan fingerprint density at radius 2 is 1.95 bits per heavy atom. The Morgan fingerprint density at radius 3 is 2.50 bits per heavy atom. The molecule has 20 heavy (non-hydrogen) atoms. The van der Waals surface area contributed by atoms with Gasteiger partial charge in [0.15, 0.2) is 0 Å². The van der Waals surface area contributed by atoms with E-state index in [-0.39, 0.29) is 16.5 Å². The maximum atomic E-state index is 12.2. The molecule has 0 saturated carbocycles. The van der Waals surface area contributed by atoms with Gasteiger partial charge >= 0.3 is 0 Å². The summed E-state index contributed by atoms with van der Waals surface area (Å²) in [5, 5.41) is 9.22. The Kier molecular flexibility index (Phi) is 6.91. The zero-order valence-electron chi connectivity index (χ0n) is 11.8. The first-order valence-corrected chi connectivity index (χ1v) is 8.42. The fraction of sp³-hybridized carbons (Fsp3) is 0.538. The summed E-state index contributed by atoms with van der Waals surface area (Å²) in [5.41, 5.74) is 0.513. The van der Waals surface area contributed by atoms with E-state index in [0.29, 0.717) is 18.7 Å². The van der Waals surface area contributed by atoms with Gasteiger partial charge in [-0.05, 0) is 30.8 Å². The molecule has 0 amide bonds. The highest BCUT2D eigenvalue weighted by Crippen LogP contribution is 2.22. The summed E-state index contributed by atoms with van der Waals surface area (Å²) in [6.45, 7) is 6.55. The van der Waals surface area contributed by atoms with Gasteiger partial charge in [-0.15, -0.1) is 0 Å². The number of sulfonamides is 1. The Balaban J connectivity index is 2.78. The van der Waals surface area contributed by atoms with Crippen LogP contribution in [0.5, 0.6) is 0 Å². The molecule has 0 atom stereocenters. The zero-order chi connectivity index (χ0) is 15.2. The number of nitrogens with one attached hydrogen (secondary N) is 1. The van der Waals surface area contributed by atoms with Crippen molar-refractivity contribution >= 4 is 21.6 Å². The van der Waals surface area contributed by atoms with E-state index in [1.165, 1.54) is 12.1 Å². The molecule has 0 fully saturated rings. The molecule has 1 rings (SSSR count). The lowest BCUT2D eigenvalue weighted by molar-refractivity contribution is 0.281. The first-order valence-electron chi connectivity index (χ1n) is 6.55. The van der Waals surface area contributed by atoms with E-state index in [1.54, 1.807) is 6.07 Å². The van der Waals surface area contributed by atoms with E-state index < -0.39 is 10.0 Å². The molecule has 2 N–H and O–H groups in total. The molecule has 0 saturated heterocycles. The van der Waals surface area contributed by atoms with Crippen LogP contribution in [0.4, 0.5) is 0 Å². The number of benzene rings is 1. The van der Waals surface area contributed by atoms with Gasteiger partial charge in [0.25, 0.3) is 0 Å². The normalized spacial score (nSPS) is 12.1. The van der Waals surface area contributed by atoms with Gasteiger partial charge in [-0.25, -0.2) is 13.1 Å². The molecular weight excluding hydrogens is 300 g/mol. The molecule has 0 bridgehead atoms.